The average molecular weight is 430 g/mol. The van der Waals surface area contributed by atoms with Gasteiger partial charge in [-0.15, -0.1) is 0 Å². The molecule has 0 aliphatic carbocycles. The quantitative estimate of drug-likeness (QED) is 0.419. The number of carbonyl (C=O) groups is 1. The van der Waals surface area contributed by atoms with E-state index in [0.29, 0.717) is 26.7 Å². The van der Waals surface area contributed by atoms with E-state index in [1.165, 1.54) is 0 Å². The number of aryl methyl sites for hydroxylation is 3. The number of halogens is 2. The van der Waals surface area contributed by atoms with E-state index in [0.717, 1.165) is 9.87 Å². The second kappa shape index (κ2) is 8.58. The van der Waals surface area contributed by atoms with E-state index in [2.05, 4.69) is 0 Å². The second-order valence-electron chi connectivity index (χ2n) is 6.32. The summed E-state index contributed by atoms with van der Waals surface area (Å²) >= 11 is 12.0. The number of nitrogens with zero attached hydrogens (tertiary/aromatic N) is 1. The van der Waals surface area contributed by atoms with Gasteiger partial charge >= 0.3 is 0 Å². The highest BCUT2D eigenvalue weighted by molar-refractivity contribution is 7.89. The van der Waals surface area contributed by atoms with Crippen LogP contribution in [0.3, 0.4) is 0 Å². The molecular weight excluding hydrogens is 409 g/mol. The van der Waals surface area contributed by atoms with E-state index in [-0.39, 0.29) is 11.4 Å². The van der Waals surface area contributed by atoms with Crippen molar-refractivity contribution < 1.29 is 13.2 Å². The molecule has 0 atom stereocenters. The van der Waals surface area contributed by atoms with Gasteiger partial charge in [0.1, 0.15) is 0 Å². The summed E-state index contributed by atoms with van der Waals surface area (Å²) in [5, 5.41) is 0.664. The Morgan fingerprint density at radius 1 is 1.07 bits per heavy atom. The highest BCUT2D eigenvalue weighted by atomic mass is 35.5. The molecule has 2 rings (SSSR count). The molecule has 2 aromatic carbocycles. The van der Waals surface area contributed by atoms with Crippen LogP contribution in [0.1, 0.15) is 22.3 Å². The van der Waals surface area contributed by atoms with Crippen LogP contribution in [0.15, 0.2) is 35.2 Å². The Kier molecular flexibility index (Phi) is 6.88. The first-order valence-electron chi connectivity index (χ1n) is 8.07. The summed E-state index contributed by atoms with van der Waals surface area (Å²) < 4.78 is 27.7. The topological polar surface area (TPSA) is 92.5 Å². The van der Waals surface area contributed by atoms with Crippen molar-refractivity contribution in [3.8, 4) is 0 Å². The van der Waals surface area contributed by atoms with Gasteiger partial charge in [0.25, 0.3) is 0 Å². The lowest BCUT2D eigenvalue weighted by molar-refractivity contribution is -0.121. The Morgan fingerprint density at radius 2 is 1.67 bits per heavy atom. The number of nitrogens with two attached hydrogens (primary N) is 1. The fourth-order valence-corrected chi connectivity index (χ4v) is 5.09. The van der Waals surface area contributed by atoms with Gasteiger partial charge in [-0.25, -0.2) is 14.3 Å². The van der Waals surface area contributed by atoms with Crippen LogP contribution >= 0.6 is 23.2 Å². The first kappa shape index (κ1) is 21.7. The van der Waals surface area contributed by atoms with Gasteiger partial charge in [-0.1, -0.05) is 47.0 Å². The van der Waals surface area contributed by atoms with Crippen LogP contribution in [0, 0.1) is 20.8 Å². The van der Waals surface area contributed by atoms with Crippen molar-refractivity contribution in [3.05, 3.63) is 62.6 Å². The lowest BCUT2D eigenvalue weighted by atomic mass is 10.1. The average Bonchev–Trinajstić information content (AvgIpc) is 2.56. The Bertz CT molecular complexity index is 955. The predicted molar refractivity (Wildman–Crippen MR) is 107 cm³/mol. The third-order valence-corrected chi connectivity index (χ3v) is 6.86. The number of hydrogen-bond donors (Lipinski definition) is 2. The zero-order chi connectivity index (χ0) is 20.4. The summed E-state index contributed by atoms with van der Waals surface area (Å²) in [5.74, 6) is 4.54. The molecule has 27 heavy (non-hydrogen) atoms. The molecule has 0 radical (unpaired) electrons. The molecule has 0 aliphatic heterocycles. The molecule has 9 heteroatoms. The molecule has 0 bridgehead atoms. The molecule has 6 nitrogen and oxygen atoms in total. The molecule has 146 valence electrons. The monoisotopic (exact) mass is 429 g/mol. The molecule has 1 amide bonds. The van der Waals surface area contributed by atoms with Crippen LogP contribution in [0.5, 0.6) is 0 Å². The van der Waals surface area contributed by atoms with Crippen molar-refractivity contribution in [2.75, 3.05) is 6.54 Å². The van der Waals surface area contributed by atoms with Crippen molar-refractivity contribution in [1.29, 1.82) is 0 Å². The van der Waals surface area contributed by atoms with E-state index in [4.69, 9.17) is 29.0 Å². The maximum Gasteiger partial charge on any atom is 0.249 e. The molecule has 0 heterocycles. The van der Waals surface area contributed by atoms with Gasteiger partial charge in [0.2, 0.25) is 15.9 Å². The van der Waals surface area contributed by atoms with Gasteiger partial charge in [-0.2, -0.15) is 4.31 Å². The van der Waals surface area contributed by atoms with Gasteiger partial charge in [0.15, 0.2) is 0 Å². The largest absolute Gasteiger partial charge is 0.293 e. The van der Waals surface area contributed by atoms with Crippen LogP contribution in [-0.4, -0.2) is 25.2 Å². The number of carbonyl (C=O) groups excluding carboxylic acids is 1. The van der Waals surface area contributed by atoms with Crippen molar-refractivity contribution in [1.82, 2.24) is 9.73 Å². The molecule has 0 spiro atoms. The predicted octanol–water partition coefficient (Wildman–Crippen LogP) is 3.10. The van der Waals surface area contributed by atoms with Gasteiger partial charge in [-0.05, 0) is 49.6 Å². The van der Waals surface area contributed by atoms with Crippen LogP contribution in [-0.2, 0) is 21.4 Å². The summed E-state index contributed by atoms with van der Waals surface area (Å²) in [5.41, 5.74) is 4.75. The standard InChI is InChI=1S/C18H21Cl2N3O3S/c1-11-6-12(2)18(13(3)7-11)27(25,26)23(10-17(24)22-21)9-14-4-5-15(19)16(20)8-14/h4-8H,9-10,21H2,1-3H3,(H,22,24). The lowest BCUT2D eigenvalue weighted by Crippen LogP contribution is -2.43. The zero-order valence-corrected chi connectivity index (χ0v) is 17.5. The smallest absolute Gasteiger partial charge is 0.249 e. The number of hydrazine groups is 1. The molecule has 3 N–H and O–H groups in total. The Labute approximate surface area is 169 Å². The molecule has 0 saturated heterocycles. The minimum absolute atomic E-state index is 0.0562. The molecule has 0 saturated carbocycles. The van der Waals surface area contributed by atoms with Gasteiger partial charge in [0, 0.05) is 6.54 Å². The van der Waals surface area contributed by atoms with Gasteiger partial charge < -0.3 is 0 Å². The third kappa shape index (κ3) is 5.00. The van der Waals surface area contributed by atoms with Gasteiger partial charge in [-0.3, -0.25) is 10.2 Å². The van der Waals surface area contributed by atoms with Crippen LogP contribution < -0.4 is 11.3 Å². The SMILES string of the molecule is Cc1cc(C)c(S(=O)(=O)N(CC(=O)NN)Cc2ccc(Cl)c(Cl)c2)c(C)c1. The fourth-order valence-electron chi connectivity index (χ4n) is 2.98. The van der Waals surface area contributed by atoms with Crippen LogP contribution in [0.4, 0.5) is 0 Å². The Hall–Kier alpha value is -1.64. The normalized spacial score (nSPS) is 11.7. The molecule has 0 aliphatic rings. The number of hydrogen-bond acceptors (Lipinski definition) is 4. The summed E-state index contributed by atoms with van der Waals surface area (Å²) in [6.45, 7) is 4.87. The summed E-state index contributed by atoms with van der Waals surface area (Å²) in [6.07, 6.45) is 0. The van der Waals surface area contributed by atoms with E-state index < -0.39 is 22.5 Å². The van der Waals surface area contributed by atoms with Crippen LogP contribution in [0.2, 0.25) is 10.0 Å². The molecule has 2 aromatic rings. The van der Waals surface area contributed by atoms with E-state index >= 15 is 0 Å². The minimum Gasteiger partial charge on any atom is -0.293 e. The van der Waals surface area contributed by atoms with Crippen molar-refractivity contribution in [2.24, 2.45) is 5.84 Å². The van der Waals surface area contributed by atoms with E-state index in [1.54, 1.807) is 44.2 Å². The number of rotatable bonds is 6. The summed E-state index contributed by atoms with van der Waals surface area (Å²) in [6, 6.07) is 8.39. The highest BCUT2D eigenvalue weighted by Crippen LogP contribution is 2.28. The number of amides is 1. The van der Waals surface area contributed by atoms with Gasteiger partial charge in [0.05, 0.1) is 21.5 Å². The van der Waals surface area contributed by atoms with E-state index in [1.807, 2.05) is 12.3 Å². The van der Waals surface area contributed by atoms with E-state index in [9.17, 15) is 13.2 Å². The minimum atomic E-state index is -3.96. The van der Waals surface area contributed by atoms with Crippen molar-refractivity contribution >= 4 is 39.1 Å². The van der Waals surface area contributed by atoms with Crippen molar-refractivity contribution in [2.45, 2.75) is 32.2 Å². The number of sulfonamides is 1. The first-order valence-corrected chi connectivity index (χ1v) is 10.3. The maximum absolute atomic E-state index is 13.3. The molecule has 0 fully saturated rings. The summed E-state index contributed by atoms with van der Waals surface area (Å²) in [4.78, 5) is 12.0. The molecular formula is C18H21Cl2N3O3S. The Morgan fingerprint density at radius 3 is 2.19 bits per heavy atom. The fraction of sp³-hybridized carbons (Fsp3) is 0.278. The maximum atomic E-state index is 13.3. The second-order valence-corrected chi connectivity index (χ2v) is 9.01. The number of benzene rings is 2. The van der Waals surface area contributed by atoms with Crippen molar-refractivity contribution in [3.63, 3.8) is 0 Å². The zero-order valence-electron chi connectivity index (χ0n) is 15.2. The van der Waals surface area contributed by atoms with Crippen LogP contribution in [0.25, 0.3) is 0 Å². The molecule has 0 unspecified atom stereocenters. The first-order chi connectivity index (χ1) is 12.6. The highest BCUT2D eigenvalue weighted by Gasteiger charge is 2.29. The lowest BCUT2D eigenvalue weighted by Gasteiger charge is -2.24. The Balaban J connectivity index is 2.52. The molecule has 0 aromatic heterocycles. The summed E-state index contributed by atoms with van der Waals surface area (Å²) in [7, 11) is -3.96. The third-order valence-electron chi connectivity index (χ3n) is 4.03. The number of nitrogens with one attached hydrogen (secondary N) is 1.